The molecule has 2 aromatic rings. The molecule has 0 spiro atoms. The summed E-state index contributed by atoms with van der Waals surface area (Å²) in [5, 5.41) is 10.4. The number of hydrogen-bond donors (Lipinski definition) is 1. The van der Waals surface area contributed by atoms with Crippen molar-refractivity contribution in [2.24, 2.45) is 0 Å². The lowest BCUT2D eigenvalue weighted by Crippen LogP contribution is -2.50. The normalized spacial score (nSPS) is 15.1. The second-order valence-electron chi connectivity index (χ2n) is 6.83. The van der Waals surface area contributed by atoms with E-state index in [4.69, 9.17) is 9.05 Å². The first-order valence-electron chi connectivity index (χ1n) is 9.07. The smallest absolute Gasteiger partial charge is 0.239 e. The van der Waals surface area contributed by atoms with Crippen molar-refractivity contribution < 1.29 is 18.6 Å². The molecule has 2 amide bonds. The predicted octanol–water partition coefficient (Wildman–Crippen LogP) is 1.30. The molecule has 0 saturated carbocycles. The van der Waals surface area contributed by atoms with Crippen LogP contribution in [0.5, 0.6) is 0 Å². The van der Waals surface area contributed by atoms with Crippen LogP contribution in [0.15, 0.2) is 15.1 Å². The number of aromatic nitrogens is 2. The number of amides is 2. The molecule has 2 aromatic heterocycles. The SMILES string of the molecule is Cc1cc(NC(=O)CN2CCN(C(=O)CCc3c(C)noc3C)CC2)no1. The van der Waals surface area contributed by atoms with Crippen LogP contribution in [-0.4, -0.2) is 64.7 Å². The minimum absolute atomic E-state index is 0.122. The van der Waals surface area contributed by atoms with Crippen molar-refractivity contribution in [1.29, 1.82) is 0 Å². The third-order valence-electron chi connectivity index (χ3n) is 4.76. The molecule has 9 heteroatoms. The van der Waals surface area contributed by atoms with E-state index >= 15 is 0 Å². The van der Waals surface area contributed by atoms with Gasteiger partial charge in [0.25, 0.3) is 0 Å². The molecule has 0 aliphatic carbocycles. The zero-order valence-corrected chi connectivity index (χ0v) is 15.9. The summed E-state index contributed by atoms with van der Waals surface area (Å²) < 4.78 is 10.1. The Labute approximate surface area is 157 Å². The van der Waals surface area contributed by atoms with E-state index in [1.165, 1.54) is 0 Å². The summed E-state index contributed by atoms with van der Waals surface area (Å²) in [6.45, 7) is 8.38. The zero-order chi connectivity index (χ0) is 19.4. The van der Waals surface area contributed by atoms with Crippen molar-refractivity contribution in [1.82, 2.24) is 20.1 Å². The molecule has 0 radical (unpaired) electrons. The Bertz CT molecular complexity index is 785. The first kappa shape index (κ1) is 19.1. The van der Waals surface area contributed by atoms with Gasteiger partial charge in [-0.1, -0.05) is 10.3 Å². The first-order chi connectivity index (χ1) is 12.9. The summed E-state index contributed by atoms with van der Waals surface area (Å²) in [6, 6.07) is 1.67. The summed E-state index contributed by atoms with van der Waals surface area (Å²) in [5.74, 6) is 1.83. The lowest BCUT2D eigenvalue weighted by atomic mass is 10.1. The van der Waals surface area contributed by atoms with Gasteiger partial charge in [-0.2, -0.15) is 0 Å². The van der Waals surface area contributed by atoms with E-state index < -0.39 is 0 Å². The van der Waals surface area contributed by atoms with Gasteiger partial charge in [-0.3, -0.25) is 14.5 Å². The lowest BCUT2D eigenvalue weighted by Gasteiger charge is -2.34. The highest BCUT2D eigenvalue weighted by atomic mass is 16.5. The molecule has 0 aromatic carbocycles. The minimum Gasteiger partial charge on any atom is -0.361 e. The number of nitrogens with zero attached hydrogens (tertiary/aromatic N) is 4. The molecule has 1 aliphatic heterocycles. The van der Waals surface area contributed by atoms with Gasteiger partial charge in [-0.05, 0) is 27.2 Å². The number of rotatable bonds is 6. The molecule has 3 heterocycles. The first-order valence-corrected chi connectivity index (χ1v) is 9.07. The van der Waals surface area contributed by atoms with Gasteiger partial charge in [-0.25, -0.2) is 0 Å². The van der Waals surface area contributed by atoms with Gasteiger partial charge in [-0.15, -0.1) is 0 Å². The summed E-state index contributed by atoms with van der Waals surface area (Å²) in [4.78, 5) is 28.4. The predicted molar refractivity (Wildman–Crippen MR) is 97.2 cm³/mol. The van der Waals surface area contributed by atoms with E-state index in [0.29, 0.717) is 50.6 Å². The maximum atomic E-state index is 12.4. The van der Waals surface area contributed by atoms with Crippen LogP contribution in [0.3, 0.4) is 0 Å². The number of carbonyl (C=O) groups excluding carboxylic acids is 2. The average Bonchev–Trinajstić information content (AvgIpc) is 3.18. The van der Waals surface area contributed by atoms with Crippen molar-refractivity contribution in [2.45, 2.75) is 33.6 Å². The molecule has 0 atom stereocenters. The van der Waals surface area contributed by atoms with Crippen LogP contribution < -0.4 is 5.32 Å². The number of piperazine rings is 1. The third-order valence-corrected chi connectivity index (χ3v) is 4.76. The van der Waals surface area contributed by atoms with Crippen molar-refractivity contribution in [3.05, 3.63) is 28.8 Å². The van der Waals surface area contributed by atoms with Gasteiger partial charge in [0, 0.05) is 44.2 Å². The van der Waals surface area contributed by atoms with Gasteiger partial charge in [0.2, 0.25) is 11.8 Å². The summed E-state index contributed by atoms with van der Waals surface area (Å²) in [5.41, 5.74) is 1.86. The fraction of sp³-hybridized carbons (Fsp3) is 0.556. The molecule has 1 saturated heterocycles. The Morgan fingerprint density at radius 1 is 1.11 bits per heavy atom. The Morgan fingerprint density at radius 3 is 2.44 bits per heavy atom. The second-order valence-corrected chi connectivity index (χ2v) is 6.83. The van der Waals surface area contributed by atoms with Gasteiger partial charge in [0.1, 0.15) is 11.5 Å². The maximum absolute atomic E-state index is 12.4. The van der Waals surface area contributed by atoms with Crippen molar-refractivity contribution in [3.63, 3.8) is 0 Å². The van der Waals surface area contributed by atoms with Crippen LogP contribution in [0.4, 0.5) is 5.82 Å². The highest BCUT2D eigenvalue weighted by Crippen LogP contribution is 2.15. The summed E-state index contributed by atoms with van der Waals surface area (Å²) >= 11 is 0. The summed E-state index contributed by atoms with van der Waals surface area (Å²) in [7, 11) is 0. The van der Waals surface area contributed by atoms with E-state index in [9.17, 15) is 9.59 Å². The van der Waals surface area contributed by atoms with Crippen LogP contribution in [0.2, 0.25) is 0 Å². The van der Waals surface area contributed by atoms with Crippen molar-refractivity contribution >= 4 is 17.6 Å². The molecule has 1 aliphatic rings. The monoisotopic (exact) mass is 375 g/mol. The topological polar surface area (TPSA) is 105 Å². The third kappa shape index (κ3) is 4.94. The molecule has 3 rings (SSSR count). The molecule has 1 fully saturated rings. The highest BCUT2D eigenvalue weighted by molar-refractivity contribution is 5.91. The zero-order valence-electron chi connectivity index (χ0n) is 15.9. The van der Waals surface area contributed by atoms with E-state index in [1.54, 1.807) is 13.0 Å². The summed E-state index contributed by atoms with van der Waals surface area (Å²) in [6.07, 6.45) is 1.08. The van der Waals surface area contributed by atoms with Crippen LogP contribution in [0.25, 0.3) is 0 Å². The quantitative estimate of drug-likeness (QED) is 0.811. The number of anilines is 1. The second kappa shape index (κ2) is 8.34. The molecule has 9 nitrogen and oxygen atoms in total. The Morgan fingerprint density at radius 2 is 1.85 bits per heavy atom. The van der Waals surface area contributed by atoms with Crippen LogP contribution in [0.1, 0.15) is 29.2 Å². The van der Waals surface area contributed by atoms with Gasteiger partial charge in [0.05, 0.1) is 12.2 Å². The highest BCUT2D eigenvalue weighted by Gasteiger charge is 2.23. The maximum Gasteiger partial charge on any atom is 0.239 e. The molecule has 0 bridgehead atoms. The van der Waals surface area contributed by atoms with Crippen LogP contribution >= 0.6 is 0 Å². The van der Waals surface area contributed by atoms with E-state index in [1.807, 2.05) is 23.6 Å². The van der Waals surface area contributed by atoms with Crippen molar-refractivity contribution in [3.8, 4) is 0 Å². The Balaban J connectivity index is 1.40. The van der Waals surface area contributed by atoms with Gasteiger partial charge >= 0.3 is 0 Å². The molecule has 0 unspecified atom stereocenters. The number of hydrogen-bond acceptors (Lipinski definition) is 7. The molecule has 146 valence electrons. The van der Waals surface area contributed by atoms with Crippen molar-refractivity contribution in [2.75, 3.05) is 38.0 Å². The van der Waals surface area contributed by atoms with E-state index in [2.05, 4.69) is 15.6 Å². The molecule has 27 heavy (non-hydrogen) atoms. The lowest BCUT2D eigenvalue weighted by molar-refractivity contribution is -0.133. The average molecular weight is 375 g/mol. The standard InChI is InChI=1S/C18H25N5O4/c1-12-10-16(21-26-12)19-17(24)11-22-6-8-23(9-7-22)18(25)5-4-15-13(2)20-27-14(15)3/h10H,4-9,11H2,1-3H3,(H,19,21,24). The van der Waals surface area contributed by atoms with E-state index in [-0.39, 0.29) is 18.4 Å². The van der Waals surface area contributed by atoms with Crippen LogP contribution in [-0.2, 0) is 16.0 Å². The van der Waals surface area contributed by atoms with Crippen LogP contribution in [0, 0.1) is 20.8 Å². The van der Waals surface area contributed by atoms with Gasteiger partial charge < -0.3 is 19.3 Å². The fourth-order valence-electron chi connectivity index (χ4n) is 3.22. The minimum atomic E-state index is -0.138. The fourth-order valence-corrected chi connectivity index (χ4v) is 3.22. The number of nitrogens with one attached hydrogen (secondary N) is 1. The number of aryl methyl sites for hydroxylation is 3. The Kier molecular flexibility index (Phi) is 5.90. The van der Waals surface area contributed by atoms with E-state index in [0.717, 1.165) is 17.0 Å². The molecule has 1 N–H and O–H groups in total. The largest absolute Gasteiger partial charge is 0.361 e. The molecular formula is C18H25N5O4. The molecular weight excluding hydrogens is 350 g/mol. The van der Waals surface area contributed by atoms with Gasteiger partial charge in [0.15, 0.2) is 5.82 Å². The Hall–Kier alpha value is -2.68. The number of carbonyl (C=O) groups is 2.